The lowest BCUT2D eigenvalue weighted by atomic mass is 9.99. The summed E-state index contributed by atoms with van der Waals surface area (Å²) >= 11 is 0. The van der Waals surface area contributed by atoms with Crippen molar-refractivity contribution in [3.05, 3.63) is 35.9 Å². The number of likely N-dealkylation sites (tertiary alicyclic amines) is 1. The van der Waals surface area contributed by atoms with Gasteiger partial charge in [0, 0.05) is 13.1 Å². The number of carboxylic acid groups (broad SMARTS) is 1. The predicted molar refractivity (Wildman–Crippen MR) is 70.6 cm³/mol. The number of hydrogen-bond donors (Lipinski definition) is 2. The molecule has 2 unspecified atom stereocenters. The molecular formula is C14H18N2O3. The van der Waals surface area contributed by atoms with Gasteiger partial charge in [-0.15, -0.1) is 0 Å². The highest BCUT2D eigenvalue weighted by Gasteiger charge is 2.43. The molecule has 5 nitrogen and oxygen atoms in total. The summed E-state index contributed by atoms with van der Waals surface area (Å²) in [5, 5.41) is 9.06. The Morgan fingerprint density at radius 3 is 2.53 bits per heavy atom. The number of carbonyl (C=O) groups is 2. The number of hydrogen-bond acceptors (Lipinski definition) is 3. The fourth-order valence-corrected chi connectivity index (χ4v) is 2.35. The van der Waals surface area contributed by atoms with Gasteiger partial charge >= 0.3 is 5.97 Å². The van der Waals surface area contributed by atoms with Gasteiger partial charge in [0.15, 0.2) is 0 Å². The van der Waals surface area contributed by atoms with Crippen molar-refractivity contribution in [1.82, 2.24) is 4.90 Å². The van der Waals surface area contributed by atoms with Gasteiger partial charge in [-0.3, -0.25) is 9.59 Å². The SMILES string of the molecule is CC(C(=O)N1CCC(N)(C(=O)O)C1)c1ccccc1. The number of nitrogens with two attached hydrogens (primary N) is 1. The van der Waals surface area contributed by atoms with Crippen LogP contribution >= 0.6 is 0 Å². The van der Waals surface area contributed by atoms with E-state index in [-0.39, 0.29) is 18.4 Å². The summed E-state index contributed by atoms with van der Waals surface area (Å²) in [6.07, 6.45) is 0.301. The zero-order valence-electron chi connectivity index (χ0n) is 10.9. The van der Waals surface area contributed by atoms with Crippen LogP contribution in [0.25, 0.3) is 0 Å². The molecule has 1 aromatic rings. The van der Waals surface area contributed by atoms with E-state index in [9.17, 15) is 9.59 Å². The molecule has 3 N–H and O–H groups in total. The van der Waals surface area contributed by atoms with Crippen molar-refractivity contribution in [1.29, 1.82) is 0 Å². The molecular weight excluding hydrogens is 244 g/mol. The van der Waals surface area contributed by atoms with Gasteiger partial charge in [0.25, 0.3) is 0 Å². The number of benzene rings is 1. The molecule has 102 valence electrons. The van der Waals surface area contributed by atoms with E-state index >= 15 is 0 Å². The molecule has 1 aliphatic rings. The quantitative estimate of drug-likeness (QED) is 0.844. The molecule has 0 aromatic heterocycles. The normalized spacial score (nSPS) is 24.2. The van der Waals surface area contributed by atoms with E-state index in [2.05, 4.69) is 0 Å². The lowest BCUT2D eigenvalue weighted by Gasteiger charge is -2.23. The van der Waals surface area contributed by atoms with Crippen molar-refractivity contribution in [2.45, 2.75) is 24.8 Å². The Labute approximate surface area is 112 Å². The second-order valence-corrected chi connectivity index (χ2v) is 5.10. The van der Waals surface area contributed by atoms with Crippen LogP contribution in [0.5, 0.6) is 0 Å². The van der Waals surface area contributed by atoms with Gasteiger partial charge in [-0.2, -0.15) is 0 Å². The zero-order valence-corrected chi connectivity index (χ0v) is 10.9. The first-order chi connectivity index (χ1) is 8.94. The summed E-state index contributed by atoms with van der Waals surface area (Å²) in [6.45, 7) is 2.31. The fourth-order valence-electron chi connectivity index (χ4n) is 2.35. The summed E-state index contributed by atoms with van der Waals surface area (Å²) in [7, 11) is 0. The van der Waals surface area contributed by atoms with Crippen molar-refractivity contribution < 1.29 is 14.7 Å². The number of amides is 1. The van der Waals surface area contributed by atoms with Gasteiger partial charge in [0.2, 0.25) is 5.91 Å². The molecule has 0 aliphatic carbocycles. The van der Waals surface area contributed by atoms with E-state index in [0.717, 1.165) is 5.56 Å². The van der Waals surface area contributed by atoms with E-state index in [1.54, 1.807) is 4.90 Å². The van der Waals surface area contributed by atoms with Crippen LogP contribution in [0.3, 0.4) is 0 Å². The minimum Gasteiger partial charge on any atom is -0.480 e. The molecule has 19 heavy (non-hydrogen) atoms. The number of nitrogens with zero attached hydrogens (tertiary/aromatic N) is 1. The molecule has 1 amide bonds. The minimum atomic E-state index is -1.30. The Balaban J connectivity index is 2.08. The average molecular weight is 262 g/mol. The van der Waals surface area contributed by atoms with Crippen LogP contribution in [0.15, 0.2) is 30.3 Å². The minimum absolute atomic E-state index is 0.0697. The molecule has 0 spiro atoms. The average Bonchev–Trinajstić information content (AvgIpc) is 2.82. The van der Waals surface area contributed by atoms with Crippen LogP contribution in [-0.2, 0) is 9.59 Å². The van der Waals surface area contributed by atoms with Crippen LogP contribution in [0.4, 0.5) is 0 Å². The van der Waals surface area contributed by atoms with Gasteiger partial charge in [0.05, 0.1) is 5.92 Å². The lowest BCUT2D eigenvalue weighted by Crippen LogP contribution is -2.51. The Kier molecular flexibility index (Phi) is 3.57. The summed E-state index contributed by atoms with van der Waals surface area (Å²) in [5.74, 6) is -1.40. The first-order valence-electron chi connectivity index (χ1n) is 6.30. The molecule has 2 atom stereocenters. The third kappa shape index (κ3) is 2.61. The summed E-state index contributed by atoms with van der Waals surface area (Å²) in [5.41, 5.74) is 5.40. The van der Waals surface area contributed by atoms with Gasteiger partial charge in [-0.05, 0) is 18.9 Å². The highest BCUT2D eigenvalue weighted by Crippen LogP contribution is 2.24. The van der Waals surface area contributed by atoms with E-state index in [1.165, 1.54) is 0 Å². The van der Waals surface area contributed by atoms with E-state index in [0.29, 0.717) is 13.0 Å². The lowest BCUT2D eigenvalue weighted by molar-refractivity contribution is -0.143. The third-order valence-electron chi connectivity index (χ3n) is 3.71. The summed E-state index contributed by atoms with van der Waals surface area (Å²) in [6, 6.07) is 9.45. The summed E-state index contributed by atoms with van der Waals surface area (Å²) < 4.78 is 0. The van der Waals surface area contributed by atoms with Crippen molar-refractivity contribution in [2.75, 3.05) is 13.1 Å². The van der Waals surface area contributed by atoms with Gasteiger partial charge in [-0.25, -0.2) is 0 Å². The maximum atomic E-state index is 12.3. The maximum Gasteiger partial charge on any atom is 0.325 e. The smallest absolute Gasteiger partial charge is 0.325 e. The number of aliphatic carboxylic acids is 1. The highest BCUT2D eigenvalue weighted by molar-refractivity contribution is 5.86. The molecule has 1 saturated heterocycles. The van der Waals surface area contributed by atoms with Gasteiger partial charge in [-0.1, -0.05) is 30.3 Å². The van der Waals surface area contributed by atoms with Crippen LogP contribution in [0.2, 0.25) is 0 Å². The van der Waals surface area contributed by atoms with Crippen molar-refractivity contribution in [2.24, 2.45) is 5.73 Å². The predicted octanol–water partition coefficient (Wildman–Crippen LogP) is 0.805. The first-order valence-corrected chi connectivity index (χ1v) is 6.30. The highest BCUT2D eigenvalue weighted by atomic mass is 16.4. The van der Waals surface area contributed by atoms with Crippen LogP contribution in [0.1, 0.15) is 24.8 Å². The molecule has 5 heteroatoms. The Bertz CT molecular complexity index is 489. The van der Waals surface area contributed by atoms with E-state index < -0.39 is 11.5 Å². The zero-order chi connectivity index (χ0) is 14.0. The number of rotatable bonds is 3. The molecule has 1 aliphatic heterocycles. The first kappa shape index (κ1) is 13.5. The second kappa shape index (κ2) is 5.01. The largest absolute Gasteiger partial charge is 0.480 e. The fraction of sp³-hybridized carbons (Fsp3) is 0.429. The molecule has 1 aromatic carbocycles. The van der Waals surface area contributed by atoms with Crippen LogP contribution < -0.4 is 5.73 Å². The Morgan fingerprint density at radius 2 is 2.00 bits per heavy atom. The molecule has 1 heterocycles. The Morgan fingerprint density at radius 1 is 1.37 bits per heavy atom. The van der Waals surface area contributed by atoms with Crippen molar-refractivity contribution in [3.63, 3.8) is 0 Å². The van der Waals surface area contributed by atoms with Crippen molar-refractivity contribution in [3.8, 4) is 0 Å². The van der Waals surface area contributed by atoms with E-state index in [4.69, 9.17) is 10.8 Å². The third-order valence-corrected chi connectivity index (χ3v) is 3.71. The molecule has 0 saturated carbocycles. The maximum absolute atomic E-state index is 12.3. The molecule has 0 radical (unpaired) electrons. The molecule has 1 fully saturated rings. The number of carboxylic acids is 1. The van der Waals surface area contributed by atoms with Crippen LogP contribution in [-0.4, -0.2) is 40.5 Å². The monoisotopic (exact) mass is 262 g/mol. The Hall–Kier alpha value is -1.88. The number of carbonyl (C=O) groups excluding carboxylic acids is 1. The summed E-state index contributed by atoms with van der Waals surface area (Å²) in [4.78, 5) is 24.9. The standard InChI is InChI=1S/C14H18N2O3/c1-10(11-5-3-2-4-6-11)12(17)16-8-7-14(15,9-16)13(18)19/h2-6,10H,7-9,15H2,1H3,(H,18,19). The topological polar surface area (TPSA) is 83.6 Å². The molecule has 2 rings (SSSR count). The second-order valence-electron chi connectivity index (χ2n) is 5.10. The molecule has 0 bridgehead atoms. The van der Waals surface area contributed by atoms with E-state index in [1.807, 2.05) is 37.3 Å². The van der Waals surface area contributed by atoms with Gasteiger partial charge in [0.1, 0.15) is 5.54 Å². The van der Waals surface area contributed by atoms with Gasteiger partial charge < -0.3 is 15.7 Å². The van der Waals surface area contributed by atoms with Crippen LogP contribution in [0, 0.1) is 0 Å². The van der Waals surface area contributed by atoms with Crippen molar-refractivity contribution >= 4 is 11.9 Å².